The molecule has 1 fully saturated rings. The number of aryl methyl sites for hydroxylation is 1. The van der Waals surface area contributed by atoms with E-state index in [0.29, 0.717) is 0 Å². The Labute approximate surface area is 112 Å². The second-order valence-corrected chi connectivity index (χ2v) is 5.96. The van der Waals surface area contributed by atoms with Crippen molar-refractivity contribution in [2.45, 2.75) is 38.9 Å². The molecule has 0 radical (unpaired) electrons. The summed E-state index contributed by atoms with van der Waals surface area (Å²) in [5, 5.41) is 2.53. The smallest absolute Gasteiger partial charge is 0.141 e. The maximum Gasteiger partial charge on any atom is 0.141 e. The molecule has 1 aliphatic heterocycles. The summed E-state index contributed by atoms with van der Waals surface area (Å²) in [4.78, 5) is 16.3. The SMILES string of the molecule is Cn1cc(N2OC(C)(C)C(C)(C)O2)c2cccnc21. The normalized spacial score (nSPS) is 21.2. The van der Waals surface area contributed by atoms with Gasteiger partial charge in [0.15, 0.2) is 0 Å². The number of hydrogen-bond acceptors (Lipinski definition) is 4. The number of nitrogens with zero attached hydrogens (tertiary/aromatic N) is 3. The molecule has 0 aromatic carbocycles. The number of hydrogen-bond donors (Lipinski definition) is 0. The molecule has 1 aliphatic rings. The summed E-state index contributed by atoms with van der Waals surface area (Å²) < 4.78 is 1.97. The average Bonchev–Trinajstić information content (AvgIpc) is 2.76. The van der Waals surface area contributed by atoms with Crippen LogP contribution in [0.25, 0.3) is 11.0 Å². The Kier molecular flexibility index (Phi) is 2.43. The van der Waals surface area contributed by atoms with E-state index >= 15 is 0 Å². The first-order chi connectivity index (χ1) is 8.82. The van der Waals surface area contributed by atoms with Gasteiger partial charge in [0, 0.05) is 24.8 Å². The maximum absolute atomic E-state index is 5.94. The minimum atomic E-state index is -0.391. The van der Waals surface area contributed by atoms with Crippen LogP contribution in [0.4, 0.5) is 5.69 Å². The van der Waals surface area contributed by atoms with Crippen LogP contribution in [0.3, 0.4) is 0 Å². The molecule has 0 aliphatic carbocycles. The number of pyridine rings is 1. The summed E-state index contributed by atoms with van der Waals surface area (Å²) in [6.45, 7) is 8.10. The fourth-order valence-electron chi connectivity index (χ4n) is 2.09. The van der Waals surface area contributed by atoms with Crippen molar-refractivity contribution in [1.82, 2.24) is 9.55 Å². The predicted octanol–water partition coefficient (Wildman–Crippen LogP) is 2.81. The van der Waals surface area contributed by atoms with Crippen LogP contribution in [0.1, 0.15) is 27.7 Å². The Morgan fingerprint density at radius 1 is 1.11 bits per heavy atom. The van der Waals surface area contributed by atoms with Crippen molar-refractivity contribution in [3.63, 3.8) is 0 Å². The van der Waals surface area contributed by atoms with E-state index in [-0.39, 0.29) is 0 Å². The topological polar surface area (TPSA) is 39.5 Å². The molecule has 0 saturated carbocycles. The van der Waals surface area contributed by atoms with Crippen molar-refractivity contribution in [1.29, 1.82) is 0 Å². The Hall–Kier alpha value is -1.59. The summed E-state index contributed by atoms with van der Waals surface area (Å²) in [5.41, 5.74) is 1.01. The van der Waals surface area contributed by atoms with Gasteiger partial charge in [-0.2, -0.15) is 0 Å². The first-order valence-electron chi connectivity index (χ1n) is 6.40. The second kappa shape index (κ2) is 3.71. The maximum atomic E-state index is 5.94. The zero-order valence-corrected chi connectivity index (χ0v) is 12.0. The lowest BCUT2D eigenvalue weighted by Crippen LogP contribution is -2.41. The van der Waals surface area contributed by atoms with E-state index in [1.165, 1.54) is 5.23 Å². The van der Waals surface area contributed by atoms with E-state index in [2.05, 4.69) is 4.98 Å². The van der Waals surface area contributed by atoms with Crippen molar-refractivity contribution in [2.75, 3.05) is 5.23 Å². The van der Waals surface area contributed by atoms with Gasteiger partial charge in [0.05, 0.1) is 0 Å². The van der Waals surface area contributed by atoms with Crippen molar-refractivity contribution < 1.29 is 9.68 Å². The highest BCUT2D eigenvalue weighted by Gasteiger charge is 2.50. The van der Waals surface area contributed by atoms with E-state index in [1.54, 1.807) is 6.20 Å². The average molecular weight is 261 g/mol. The molecule has 0 bridgehead atoms. The summed E-state index contributed by atoms with van der Waals surface area (Å²) in [7, 11) is 1.96. The summed E-state index contributed by atoms with van der Waals surface area (Å²) >= 11 is 0. The fraction of sp³-hybridized carbons (Fsp3) is 0.500. The third-order valence-corrected chi connectivity index (χ3v) is 3.98. The van der Waals surface area contributed by atoms with Crippen LogP contribution in [0.2, 0.25) is 0 Å². The monoisotopic (exact) mass is 261 g/mol. The first-order valence-corrected chi connectivity index (χ1v) is 6.40. The molecule has 0 amide bonds. The van der Waals surface area contributed by atoms with Crippen molar-refractivity contribution >= 4 is 16.7 Å². The number of rotatable bonds is 1. The third kappa shape index (κ3) is 1.73. The van der Waals surface area contributed by atoms with Crippen LogP contribution < -0.4 is 5.23 Å². The summed E-state index contributed by atoms with van der Waals surface area (Å²) in [6, 6.07) is 3.93. The molecule has 3 rings (SSSR count). The Bertz CT molecular complexity index is 615. The molecule has 0 N–H and O–H groups in total. The molecule has 2 aromatic heterocycles. The molecule has 1 saturated heterocycles. The van der Waals surface area contributed by atoms with Gasteiger partial charge in [-0.15, -0.1) is 5.23 Å². The lowest BCUT2D eigenvalue weighted by atomic mass is 9.90. The van der Waals surface area contributed by atoms with Crippen LogP contribution in [0.5, 0.6) is 0 Å². The molecule has 102 valence electrons. The number of anilines is 1. The molecule has 3 heterocycles. The van der Waals surface area contributed by atoms with Crippen LogP contribution >= 0.6 is 0 Å². The molecule has 5 heteroatoms. The van der Waals surface area contributed by atoms with Gasteiger partial charge >= 0.3 is 0 Å². The van der Waals surface area contributed by atoms with E-state index in [0.717, 1.165) is 16.7 Å². The fourth-order valence-corrected chi connectivity index (χ4v) is 2.09. The minimum Gasteiger partial charge on any atom is -0.333 e. The molecule has 0 unspecified atom stereocenters. The molecule has 0 atom stereocenters. The molecule has 19 heavy (non-hydrogen) atoms. The van der Waals surface area contributed by atoms with E-state index < -0.39 is 11.2 Å². The van der Waals surface area contributed by atoms with Gasteiger partial charge in [-0.05, 0) is 39.8 Å². The molecule has 5 nitrogen and oxygen atoms in total. The van der Waals surface area contributed by atoms with Crippen molar-refractivity contribution in [3.8, 4) is 0 Å². The van der Waals surface area contributed by atoms with E-state index in [4.69, 9.17) is 9.68 Å². The molecular formula is C14H19N3O2. The van der Waals surface area contributed by atoms with Gasteiger partial charge in [-0.1, -0.05) is 0 Å². The zero-order valence-electron chi connectivity index (χ0n) is 12.0. The van der Waals surface area contributed by atoms with Gasteiger partial charge < -0.3 is 4.57 Å². The minimum absolute atomic E-state index is 0.391. The van der Waals surface area contributed by atoms with Crippen LogP contribution in [-0.4, -0.2) is 20.8 Å². The summed E-state index contributed by atoms with van der Waals surface area (Å²) in [6.07, 6.45) is 3.75. The van der Waals surface area contributed by atoms with Gasteiger partial charge in [0.1, 0.15) is 22.5 Å². The van der Waals surface area contributed by atoms with Crippen LogP contribution in [0, 0.1) is 0 Å². The Morgan fingerprint density at radius 2 is 1.74 bits per heavy atom. The van der Waals surface area contributed by atoms with E-state index in [9.17, 15) is 0 Å². The zero-order chi connectivity index (χ0) is 13.8. The predicted molar refractivity (Wildman–Crippen MR) is 73.5 cm³/mol. The molecular weight excluding hydrogens is 242 g/mol. The van der Waals surface area contributed by atoms with Crippen molar-refractivity contribution in [2.24, 2.45) is 7.05 Å². The lowest BCUT2D eigenvalue weighted by Gasteiger charge is -2.26. The van der Waals surface area contributed by atoms with Gasteiger partial charge in [-0.3, -0.25) is 0 Å². The second-order valence-electron chi connectivity index (χ2n) is 5.96. The first kappa shape index (κ1) is 12.4. The van der Waals surface area contributed by atoms with Crippen LogP contribution in [0.15, 0.2) is 24.5 Å². The Balaban J connectivity index is 2.08. The quantitative estimate of drug-likeness (QED) is 0.791. The number of fused-ring (bicyclic) bond motifs is 1. The highest BCUT2D eigenvalue weighted by atomic mass is 17.0. The lowest BCUT2D eigenvalue weighted by molar-refractivity contribution is -0.0266. The van der Waals surface area contributed by atoms with Gasteiger partial charge in [0.2, 0.25) is 0 Å². The van der Waals surface area contributed by atoms with Crippen molar-refractivity contribution in [3.05, 3.63) is 24.5 Å². The highest BCUT2D eigenvalue weighted by molar-refractivity contribution is 5.90. The summed E-state index contributed by atoms with van der Waals surface area (Å²) in [5.74, 6) is 0. The standard InChI is InChI=1S/C14H19N3O2/c1-13(2)14(3,4)19-17(18-13)11-9-16(5)12-10(11)7-6-8-15-12/h6-9H,1-5H3. The third-order valence-electron chi connectivity index (χ3n) is 3.98. The van der Waals surface area contributed by atoms with Gasteiger partial charge in [-0.25, -0.2) is 14.7 Å². The largest absolute Gasteiger partial charge is 0.333 e. The van der Waals surface area contributed by atoms with Crippen LogP contribution in [-0.2, 0) is 16.7 Å². The molecule has 0 spiro atoms. The Morgan fingerprint density at radius 3 is 2.37 bits per heavy atom. The van der Waals surface area contributed by atoms with Gasteiger partial charge in [0.25, 0.3) is 0 Å². The molecule has 2 aromatic rings. The number of aromatic nitrogens is 2. The highest BCUT2D eigenvalue weighted by Crippen LogP contribution is 2.41. The van der Waals surface area contributed by atoms with E-state index in [1.807, 2.05) is 57.6 Å².